The number of urea groups is 1. The predicted octanol–water partition coefficient (Wildman–Crippen LogP) is 1.85. The number of hydrogen-bond acceptors (Lipinski definition) is 7. The maximum absolute atomic E-state index is 11.9. The van der Waals surface area contributed by atoms with E-state index in [9.17, 15) is 9.59 Å². The van der Waals surface area contributed by atoms with E-state index in [1.807, 2.05) is 13.8 Å². The molecule has 1 heterocycles. The van der Waals surface area contributed by atoms with Gasteiger partial charge in [0.15, 0.2) is 4.34 Å². The summed E-state index contributed by atoms with van der Waals surface area (Å²) in [7, 11) is 0. The number of anilines is 1. The third-order valence-electron chi connectivity index (χ3n) is 2.11. The average Bonchev–Trinajstić information content (AvgIpc) is 2.82. The molecule has 0 aromatic carbocycles. The van der Waals surface area contributed by atoms with Crippen molar-refractivity contribution in [2.45, 2.75) is 36.4 Å². The lowest BCUT2D eigenvalue weighted by atomic mass is 10.4. The van der Waals surface area contributed by atoms with Crippen LogP contribution in [-0.4, -0.2) is 40.0 Å². The zero-order valence-electron chi connectivity index (χ0n) is 12.2. The number of nitrogens with zero attached hydrogens (tertiary/aromatic N) is 2. The van der Waals surface area contributed by atoms with E-state index >= 15 is 0 Å². The normalized spacial score (nSPS) is 11.8. The average molecular weight is 329 g/mol. The van der Waals surface area contributed by atoms with Crippen LogP contribution in [0.1, 0.15) is 20.8 Å². The molecule has 9 heteroatoms. The van der Waals surface area contributed by atoms with Crippen molar-refractivity contribution >= 4 is 40.2 Å². The summed E-state index contributed by atoms with van der Waals surface area (Å²) in [5.41, 5.74) is 0. The number of hydrogen-bond donors (Lipinski definition) is 3. The summed E-state index contributed by atoms with van der Waals surface area (Å²) < 4.78 is 0.661. The van der Waals surface area contributed by atoms with Crippen molar-refractivity contribution < 1.29 is 9.59 Å². The van der Waals surface area contributed by atoms with Gasteiger partial charge in [-0.15, -0.1) is 16.8 Å². The molecular formula is C12H19N5O2S2. The largest absolute Gasteiger partial charge is 0.357 e. The molecule has 0 saturated heterocycles. The smallest absolute Gasteiger partial charge is 0.321 e. The second-order valence-electron chi connectivity index (χ2n) is 4.42. The number of rotatable bonds is 7. The van der Waals surface area contributed by atoms with Crippen molar-refractivity contribution in [2.24, 2.45) is 0 Å². The van der Waals surface area contributed by atoms with Gasteiger partial charge in [-0.2, -0.15) is 0 Å². The molecule has 3 N–H and O–H groups in total. The molecule has 0 fully saturated rings. The van der Waals surface area contributed by atoms with E-state index in [1.54, 1.807) is 13.0 Å². The number of imide groups is 1. The number of nitrogens with one attached hydrogen (secondary N) is 3. The van der Waals surface area contributed by atoms with Gasteiger partial charge >= 0.3 is 6.03 Å². The van der Waals surface area contributed by atoms with Gasteiger partial charge < -0.3 is 10.6 Å². The first-order valence-corrected chi connectivity index (χ1v) is 8.08. The monoisotopic (exact) mass is 329 g/mol. The van der Waals surface area contributed by atoms with Crippen LogP contribution < -0.4 is 16.0 Å². The summed E-state index contributed by atoms with van der Waals surface area (Å²) in [6.45, 7) is 9.55. The van der Waals surface area contributed by atoms with Gasteiger partial charge in [0.25, 0.3) is 0 Å². The second kappa shape index (κ2) is 8.63. The van der Waals surface area contributed by atoms with E-state index in [1.165, 1.54) is 23.1 Å². The Kier molecular flexibility index (Phi) is 7.17. The minimum atomic E-state index is -0.493. The van der Waals surface area contributed by atoms with Gasteiger partial charge in [0, 0.05) is 12.6 Å². The SMILES string of the molecule is C=CCNc1nnc(S[C@@H](C)C(=O)NC(=O)NC(C)C)s1. The molecule has 1 aromatic heterocycles. The maximum atomic E-state index is 11.9. The molecule has 1 atom stereocenters. The van der Waals surface area contributed by atoms with Crippen LogP contribution in [0, 0.1) is 0 Å². The fourth-order valence-corrected chi connectivity index (χ4v) is 3.11. The molecule has 0 unspecified atom stereocenters. The lowest BCUT2D eigenvalue weighted by Crippen LogP contribution is -2.45. The molecule has 0 spiro atoms. The highest BCUT2D eigenvalue weighted by atomic mass is 32.2. The Balaban J connectivity index is 2.46. The molecule has 3 amide bonds. The quantitative estimate of drug-likeness (QED) is 0.522. The number of aromatic nitrogens is 2. The highest BCUT2D eigenvalue weighted by Crippen LogP contribution is 2.28. The molecule has 7 nitrogen and oxygen atoms in total. The molecule has 21 heavy (non-hydrogen) atoms. The highest BCUT2D eigenvalue weighted by Gasteiger charge is 2.19. The van der Waals surface area contributed by atoms with Crippen molar-refractivity contribution in [1.82, 2.24) is 20.8 Å². The Hall–Kier alpha value is -1.61. The number of carbonyl (C=O) groups excluding carboxylic acids is 2. The molecule has 0 aliphatic heterocycles. The highest BCUT2D eigenvalue weighted by molar-refractivity contribution is 8.02. The predicted molar refractivity (Wildman–Crippen MR) is 85.7 cm³/mol. The minimum absolute atomic E-state index is 0.0255. The van der Waals surface area contributed by atoms with Gasteiger partial charge in [-0.25, -0.2) is 4.79 Å². The molecule has 0 radical (unpaired) electrons. The summed E-state index contributed by atoms with van der Waals surface area (Å²) in [6.07, 6.45) is 1.72. The molecule has 1 rings (SSSR count). The van der Waals surface area contributed by atoms with E-state index in [0.717, 1.165) is 0 Å². The van der Waals surface area contributed by atoms with E-state index in [2.05, 4.69) is 32.7 Å². The molecule has 116 valence electrons. The van der Waals surface area contributed by atoms with Gasteiger partial charge in [0.05, 0.1) is 5.25 Å². The first kappa shape index (κ1) is 17.4. The Morgan fingerprint density at radius 3 is 2.71 bits per heavy atom. The minimum Gasteiger partial charge on any atom is -0.357 e. The third kappa shape index (κ3) is 6.58. The molecule has 0 aliphatic carbocycles. The number of thioether (sulfide) groups is 1. The van der Waals surface area contributed by atoms with Gasteiger partial charge in [-0.05, 0) is 20.8 Å². The van der Waals surface area contributed by atoms with Crippen LogP contribution in [0.5, 0.6) is 0 Å². The second-order valence-corrected chi connectivity index (χ2v) is 6.99. The fourth-order valence-electron chi connectivity index (χ4n) is 1.20. The van der Waals surface area contributed by atoms with Crippen LogP contribution in [0.4, 0.5) is 9.93 Å². The van der Waals surface area contributed by atoms with E-state index in [4.69, 9.17) is 0 Å². The van der Waals surface area contributed by atoms with Crippen LogP contribution in [0.25, 0.3) is 0 Å². The van der Waals surface area contributed by atoms with Gasteiger partial charge in [-0.1, -0.05) is 29.2 Å². The number of amides is 3. The van der Waals surface area contributed by atoms with Crippen molar-refractivity contribution in [1.29, 1.82) is 0 Å². The summed E-state index contributed by atoms with van der Waals surface area (Å²) in [4.78, 5) is 23.3. The zero-order valence-corrected chi connectivity index (χ0v) is 13.8. The van der Waals surface area contributed by atoms with E-state index in [-0.39, 0.29) is 11.9 Å². The Morgan fingerprint density at radius 1 is 1.38 bits per heavy atom. The topological polar surface area (TPSA) is 96.0 Å². The first-order chi connectivity index (χ1) is 9.92. The van der Waals surface area contributed by atoms with Crippen molar-refractivity contribution in [3.63, 3.8) is 0 Å². The van der Waals surface area contributed by atoms with Gasteiger partial charge in [-0.3, -0.25) is 10.1 Å². The van der Waals surface area contributed by atoms with Crippen LogP contribution in [0.2, 0.25) is 0 Å². The first-order valence-electron chi connectivity index (χ1n) is 6.38. The lowest BCUT2D eigenvalue weighted by molar-refractivity contribution is -0.119. The summed E-state index contributed by atoms with van der Waals surface area (Å²) in [5, 5.41) is 16.0. The zero-order chi connectivity index (χ0) is 15.8. The van der Waals surface area contributed by atoms with Crippen molar-refractivity contribution in [3.8, 4) is 0 Å². The molecule has 1 aromatic rings. The van der Waals surface area contributed by atoms with Crippen LogP contribution in [-0.2, 0) is 4.79 Å². The van der Waals surface area contributed by atoms with Crippen LogP contribution in [0.15, 0.2) is 17.0 Å². The summed E-state index contributed by atoms with van der Waals surface area (Å²) in [5.74, 6) is -0.367. The Labute approximate surface area is 132 Å². The third-order valence-corrected chi connectivity index (χ3v) is 4.17. The molecule has 0 bridgehead atoms. The summed E-state index contributed by atoms with van der Waals surface area (Å²) in [6, 6.07) is -0.518. The molecule has 0 aliphatic rings. The van der Waals surface area contributed by atoms with Gasteiger partial charge in [0.2, 0.25) is 11.0 Å². The fraction of sp³-hybridized carbons (Fsp3) is 0.500. The standard InChI is InChI=1S/C12H19N5O2S2/c1-5-6-13-11-16-17-12(21-11)20-8(4)9(18)15-10(19)14-7(2)3/h5,7-8H,1,6H2,2-4H3,(H,13,16)(H2,14,15,18,19)/t8-/m0/s1. The molecule has 0 saturated carbocycles. The lowest BCUT2D eigenvalue weighted by Gasteiger charge is -2.11. The maximum Gasteiger partial charge on any atom is 0.321 e. The van der Waals surface area contributed by atoms with E-state index < -0.39 is 11.3 Å². The Morgan fingerprint density at radius 2 is 2.10 bits per heavy atom. The van der Waals surface area contributed by atoms with Crippen LogP contribution in [0.3, 0.4) is 0 Å². The van der Waals surface area contributed by atoms with Crippen LogP contribution >= 0.6 is 23.1 Å². The van der Waals surface area contributed by atoms with Crippen molar-refractivity contribution in [2.75, 3.05) is 11.9 Å². The Bertz CT molecular complexity index is 504. The molecular weight excluding hydrogens is 310 g/mol. The van der Waals surface area contributed by atoms with Crippen molar-refractivity contribution in [3.05, 3.63) is 12.7 Å². The number of carbonyl (C=O) groups is 2. The van der Waals surface area contributed by atoms with Gasteiger partial charge in [0.1, 0.15) is 0 Å². The summed E-state index contributed by atoms with van der Waals surface area (Å²) >= 11 is 2.60. The van der Waals surface area contributed by atoms with E-state index in [0.29, 0.717) is 16.0 Å².